The Kier molecular flexibility index (Phi) is 7.84. The summed E-state index contributed by atoms with van der Waals surface area (Å²) in [6.07, 6.45) is 1.39. The van der Waals surface area contributed by atoms with Crippen molar-refractivity contribution in [3.63, 3.8) is 0 Å². The summed E-state index contributed by atoms with van der Waals surface area (Å²) < 4.78 is 7.16. The van der Waals surface area contributed by atoms with Gasteiger partial charge < -0.3 is 4.74 Å². The first-order valence-electron chi connectivity index (χ1n) is 9.25. The maximum Gasteiger partial charge on any atom is 0.123 e. The Balaban J connectivity index is 0.000000261. The van der Waals surface area contributed by atoms with Crippen molar-refractivity contribution >= 4 is 21.6 Å². The molecule has 0 saturated heterocycles. The van der Waals surface area contributed by atoms with Gasteiger partial charge in [-0.15, -0.1) is 11.3 Å². The molecule has 1 unspecified atom stereocenters. The fourth-order valence-corrected chi connectivity index (χ4v) is 3.88. The number of hydrogen-bond donors (Lipinski definition) is 0. The van der Waals surface area contributed by atoms with Gasteiger partial charge >= 0.3 is 0 Å². The Morgan fingerprint density at radius 2 is 1.50 bits per heavy atom. The molecule has 0 N–H and O–H groups in total. The summed E-state index contributed by atoms with van der Waals surface area (Å²) in [5, 5.41) is 1.22. The van der Waals surface area contributed by atoms with Crippen LogP contribution in [0.3, 0.4) is 0 Å². The average molecular weight is 400 g/mol. The lowest BCUT2D eigenvalue weighted by atomic mass is 9.87. The van der Waals surface area contributed by atoms with Crippen molar-refractivity contribution in [1.82, 2.24) is 4.98 Å². The van der Waals surface area contributed by atoms with E-state index in [1.807, 2.05) is 12.1 Å². The van der Waals surface area contributed by atoms with Crippen LogP contribution in [-0.2, 0) is 11.8 Å². The number of benzene rings is 2. The topological polar surface area (TPSA) is 22.1 Å². The molecule has 0 fully saturated rings. The lowest BCUT2D eigenvalue weighted by Gasteiger charge is -2.25. The maximum absolute atomic E-state index is 5.87. The molecule has 0 saturated carbocycles. The summed E-state index contributed by atoms with van der Waals surface area (Å²) in [5.41, 5.74) is 2.88. The van der Waals surface area contributed by atoms with Gasteiger partial charge in [-0.1, -0.05) is 86.7 Å². The number of ether oxygens (including phenoxy) is 1. The summed E-state index contributed by atoms with van der Waals surface area (Å²) in [5.74, 6) is 1.07. The predicted octanol–water partition coefficient (Wildman–Crippen LogP) is 7.90. The number of para-hydroxylation sites is 2. The van der Waals surface area contributed by atoms with Crippen LogP contribution < -0.4 is 4.74 Å². The third kappa shape index (κ3) is 5.57. The molecule has 2 heterocycles. The van der Waals surface area contributed by atoms with Crippen molar-refractivity contribution in [3.8, 4) is 5.75 Å². The Labute approximate surface area is 176 Å². The van der Waals surface area contributed by atoms with Crippen LogP contribution in [0.2, 0.25) is 0 Å². The highest BCUT2D eigenvalue weighted by molar-refractivity contribution is 7.18. The number of aromatic nitrogens is 1. The normalized spacial score (nSPS) is 15.4. The minimum atomic E-state index is 0. The van der Waals surface area contributed by atoms with Gasteiger partial charge in [0.15, 0.2) is 0 Å². The molecule has 3 aromatic rings. The smallest absolute Gasteiger partial charge is 0.123 e. The zero-order valence-corrected chi connectivity index (χ0v) is 17.5. The highest BCUT2D eigenvalue weighted by atomic mass is 32.1. The molecule has 1 aliphatic rings. The summed E-state index contributed by atoms with van der Waals surface area (Å²) in [7, 11) is 0. The molecule has 2 nitrogen and oxygen atoms in total. The van der Waals surface area contributed by atoms with Crippen LogP contribution in [0.4, 0.5) is 0 Å². The van der Waals surface area contributed by atoms with Crippen LogP contribution in [0.1, 0.15) is 67.0 Å². The molecule has 0 radical (unpaired) electrons. The highest BCUT2D eigenvalue weighted by Gasteiger charge is 2.32. The van der Waals surface area contributed by atoms with E-state index in [2.05, 4.69) is 82.9 Å². The molecule has 28 heavy (non-hydrogen) atoms. The predicted molar refractivity (Wildman–Crippen MR) is 126 cm³/mol. The fourth-order valence-electron chi connectivity index (χ4n) is 2.86. The number of hydrogen-bond acceptors (Lipinski definition) is 3. The van der Waals surface area contributed by atoms with E-state index in [0.29, 0.717) is 6.10 Å². The van der Waals surface area contributed by atoms with Crippen LogP contribution in [0.15, 0.2) is 48.5 Å². The van der Waals surface area contributed by atoms with E-state index < -0.39 is 0 Å². The molecule has 2 aromatic carbocycles. The summed E-state index contributed by atoms with van der Waals surface area (Å²) >= 11 is 1.79. The molecule has 0 bridgehead atoms. The minimum absolute atomic E-state index is 0. The van der Waals surface area contributed by atoms with Crippen molar-refractivity contribution in [2.24, 2.45) is 5.41 Å². The number of fused-ring (bicyclic) bond motifs is 2. The second-order valence-corrected chi connectivity index (χ2v) is 10.1. The summed E-state index contributed by atoms with van der Waals surface area (Å²) in [6.45, 7) is 13.3. The molecule has 0 spiro atoms. The van der Waals surface area contributed by atoms with Gasteiger partial charge in [-0.25, -0.2) is 4.98 Å². The zero-order valence-electron chi connectivity index (χ0n) is 16.7. The van der Waals surface area contributed by atoms with Crippen LogP contribution in [0.5, 0.6) is 5.75 Å². The first kappa shape index (κ1) is 24.2. The van der Waals surface area contributed by atoms with Crippen molar-refractivity contribution in [2.75, 3.05) is 0 Å². The van der Waals surface area contributed by atoms with E-state index >= 15 is 0 Å². The van der Waals surface area contributed by atoms with Crippen molar-refractivity contribution in [1.29, 1.82) is 0 Å². The number of rotatable bonds is 0. The Bertz CT molecular complexity index is 825. The van der Waals surface area contributed by atoms with E-state index in [-0.39, 0.29) is 25.7 Å². The molecule has 4 rings (SSSR count). The Morgan fingerprint density at radius 3 is 2.07 bits per heavy atom. The molecular weight excluding hydrogens is 362 g/mol. The van der Waals surface area contributed by atoms with Gasteiger partial charge in [0, 0.05) is 11.8 Å². The molecule has 1 aliphatic heterocycles. The molecule has 0 aliphatic carbocycles. The largest absolute Gasteiger partial charge is 0.489 e. The molecule has 154 valence electrons. The van der Waals surface area contributed by atoms with E-state index in [4.69, 9.17) is 4.74 Å². The summed E-state index contributed by atoms with van der Waals surface area (Å²) in [6, 6.07) is 16.6. The first-order valence-corrected chi connectivity index (χ1v) is 10.1. The van der Waals surface area contributed by atoms with Gasteiger partial charge in [0.1, 0.15) is 11.9 Å². The van der Waals surface area contributed by atoms with Crippen LogP contribution in [-0.4, -0.2) is 11.1 Å². The lowest BCUT2D eigenvalue weighted by molar-refractivity contribution is 0.109. The quantitative estimate of drug-likeness (QED) is 0.383. The maximum atomic E-state index is 5.87. The van der Waals surface area contributed by atoms with Crippen LogP contribution >= 0.6 is 11.3 Å². The average Bonchev–Trinajstić information content (AvgIpc) is 3.19. The van der Waals surface area contributed by atoms with Gasteiger partial charge in [-0.2, -0.15) is 0 Å². The lowest BCUT2D eigenvalue weighted by Crippen LogP contribution is -2.30. The second kappa shape index (κ2) is 9.09. The molecular formula is C25H37NOS. The minimum Gasteiger partial charge on any atom is -0.489 e. The van der Waals surface area contributed by atoms with Gasteiger partial charge in [0.25, 0.3) is 0 Å². The van der Waals surface area contributed by atoms with E-state index in [1.165, 1.54) is 15.3 Å². The summed E-state index contributed by atoms with van der Waals surface area (Å²) in [4.78, 5) is 4.60. The van der Waals surface area contributed by atoms with Crippen molar-refractivity contribution in [3.05, 3.63) is 59.1 Å². The van der Waals surface area contributed by atoms with Gasteiger partial charge in [-0.3, -0.25) is 0 Å². The molecule has 1 atom stereocenters. The van der Waals surface area contributed by atoms with Gasteiger partial charge in [0.05, 0.1) is 15.2 Å². The second-order valence-electron chi connectivity index (χ2n) is 9.02. The molecule has 0 amide bonds. The standard InChI is InChI=1S/C12H16O.C11H13NS.2CH4/c1-12(2,3)11-8-9-6-4-5-7-10(9)13-11;1-11(2,3)10-12-8-6-4-5-7-9(8)13-10;;/h4-7,11H,8H2,1-3H3;4-7H,1-3H3;2*1H4. The van der Waals surface area contributed by atoms with Crippen LogP contribution in [0, 0.1) is 5.41 Å². The fraction of sp³-hybridized carbons (Fsp3) is 0.480. The van der Waals surface area contributed by atoms with Crippen LogP contribution in [0.25, 0.3) is 10.2 Å². The SMILES string of the molecule is C.C.CC(C)(C)C1Cc2ccccc2O1.CC(C)(C)c1nc2ccccc2s1. The third-order valence-electron chi connectivity index (χ3n) is 4.55. The molecule has 1 aromatic heterocycles. The third-order valence-corrected chi connectivity index (χ3v) is 6.01. The van der Waals surface area contributed by atoms with E-state index in [1.54, 1.807) is 11.3 Å². The van der Waals surface area contributed by atoms with Gasteiger partial charge in [-0.05, 0) is 29.2 Å². The highest BCUT2D eigenvalue weighted by Crippen LogP contribution is 2.36. The van der Waals surface area contributed by atoms with E-state index in [9.17, 15) is 0 Å². The van der Waals surface area contributed by atoms with Crippen molar-refractivity contribution in [2.45, 2.75) is 74.3 Å². The number of nitrogens with zero attached hydrogens (tertiary/aromatic N) is 1. The Hall–Kier alpha value is -1.87. The molecule has 3 heteroatoms. The first-order chi connectivity index (χ1) is 12.1. The van der Waals surface area contributed by atoms with Crippen molar-refractivity contribution < 1.29 is 4.74 Å². The zero-order chi connectivity index (χ0) is 18.9. The Morgan fingerprint density at radius 1 is 0.893 bits per heavy atom. The monoisotopic (exact) mass is 399 g/mol. The number of thiazole rings is 1. The van der Waals surface area contributed by atoms with Gasteiger partial charge in [0.2, 0.25) is 0 Å². The van der Waals surface area contributed by atoms with E-state index in [0.717, 1.165) is 17.7 Å².